The fraction of sp³-hybridized carbons (Fsp3) is 0.100. The summed E-state index contributed by atoms with van der Waals surface area (Å²) < 4.78 is 0.988. The smallest absolute Gasteiger partial charge is 0.271 e. The van der Waals surface area contributed by atoms with Crippen LogP contribution in [0.2, 0.25) is 0 Å². The Hall–Kier alpha value is -1.51. The van der Waals surface area contributed by atoms with E-state index in [-0.39, 0.29) is 11.6 Å². The van der Waals surface area contributed by atoms with Crippen molar-refractivity contribution in [3.63, 3.8) is 0 Å². The van der Waals surface area contributed by atoms with Gasteiger partial charge in [-0.25, -0.2) is 15.8 Å². The lowest BCUT2D eigenvalue weighted by Crippen LogP contribution is -2.24. The number of aromatic nitrogens is 2. The summed E-state index contributed by atoms with van der Waals surface area (Å²) in [4.78, 5) is 20.7. The molecule has 6 nitrogen and oxygen atoms in total. The molecule has 0 bridgehead atoms. The molecule has 0 unspecified atom stereocenters. The number of nitrogens with two attached hydrogens (primary N) is 1. The third-order valence-electron chi connectivity index (χ3n) is 2.13. The van der Waals surface area contributed by atoms with Crippen LogP contribution in [0.1, 0.15) is 15.4 Å². The lowest BCUT2D eigenvalue weighted by Gasteiger charge is -2.04. The quantitative estimate of drug-likeness (QED) is 0.584. The van der Waals surface area contributed by atoms with Gasteiger partial charge in [0.2, 0.25) is 0 Å². The number of thiophene rings is 1. The number of nitrogen functional groups attached to an aromatic ring is 1. The summed E-state index contributed by atoms with van der Waals surface area (Å²) in [6.45, 7) is 0.454. The molecule has 94 valence electrons. The van der Waals surface area contributed by atoms with Crippen molar-refractivity contribution in [3.8, 4) is 0 Å². The highest BCUT2D eigenvalue weighted by molar-refractivity contribution is 9.10. The highest BCUT2D eigenvalue weighted by Gasteiger charge is 2.09. The normalized spacial score (nSPS) is 10.1. The van der Waals surface area contributed by atoms with E-state index < -0.39 is 0 Å². The summed E-state index contributed by atoms with van der Waals surface area (Å²) in [6.07, 6.45) is 2.77. The molecule has 0 fully saturated rings. The molecule has 0 aliphatic rings. The molecule has 4 N–H and O–H groups in total. The SMILES string of the molecule is NNc1cnc(C(=O)NCc2sccc2Br)cn1. The zero-order valence-electron chi connectivity index (χ0n) is 9.18. The maximum absolute atomic E-state index is 11.8. The van der Waals surface area contributed by atoms with Crippen LogP contribution in [-0.2, 0) is 6.54 Å². The minimum atomic E-state index is -0.272. The minimum Gasteiger partial charge on any atom is -0.346 e. The van der Waals surface area contributed by atoms with Gasteiger partial charge in [0.15, 0.2) is 5.82 Å². The predicted molar refractivity (Wildman–Crippen MR) is 73.0 cm³/mol. The van der Waals surface area contributed by atoms with Crippen LogP contribution in [0.4, 0.5) is 5.82 Å². The largest absolute Gasteiger partial charge is 0.346 e. The van der Waals surface area contributed by atoms with Crippen molar-refractivity contribution >= 4 is 39.0 Å². The van der Waals surface area contributed by atoms with E-state index in [1.54, 1.807) is 11.3 Å². The first-order chi connectivity index (χ1) is 8.70. The molecule has 0 radical (unpaired) electrons. The van der Waals surface area contributed by atoms with Crippen LogP contribution in [0, 0.1) is 0 Å². The van der Waals surface area contributed by atoms with E-state index in [1.807, 2.05) is 11.4 Å². The summed E-state index contributed by atoms with van der Waals surface area (Å²) in [6, 6.07) is 1.94. The number of nitrogens with one attached hydrogen (secondary N) is 2. The summed E-state index contributed by atoms with van der Waals surface area (Å²) in [5, 5.41) is 4.72. The van der Waals surface area contributed by atoms with Crippen molar-refractivity contribution < 1.29 is 4.79 Å². The van der Waals surface area contributed by atoms with Gasteiger partial charge in [-0.15, -0.1) is 11.3 Å². The van der Waals surface area contributed by atoms with Gasteiger partial charge in [0.25, 0.3) is 5.91 Å². The molecule has 18 heavy (non-hydrogen) atoms. The number of hydrazine groups is 1. The average molecular weight is 328 g/mol. The van der Waals surface area contributed by atoms with Crippen molar-refractivity contribution in [2.24, 2.45) is 5.84 Å². The first-order valence-electron chi connectivity index (χ1n) is 4.99. The van der Waals surface area contributed by atoms with Crippen molar-refractivity contribution in [1.82, 2.24) is 15.3 Å². The second-order valence-corrected chi connectivity index (χ2v) is 5.16. The van der Waals surface area contributed by atoms with Crippen LogP contribution in [0.15, 0.2) is 28.3 Å². The van der Waals surface area contributed by atoms with E-state index in [0.717, 1.165) is 9.35 Å². The predicted octanol–water partition coefficient (Wildman–Crippen LogP) is 1.52. The molecule has 0 spiro atoms. The summed E-state index contributed by atoms with van der Waals surface area (Å²) in [5.74, 6) is 5.30. The molecule has 2 rings (SSSR count). The van der Waals surface area contributed by atoms with Crippen LogP contribution in [-0.4, -0.2) is 15.9 Å². The topological polar surface area (TPSA) is 92.9 Å². The van der Waals surface area contributed by atoms with E-state index in [2.05, 4.69) is 36.6 Å². The van der Waals surface area contributed by atoms with Gasteiger partial charge in [-0.2, -0.15) is 0 Å². The van der Waals surface area contributed by atoms with Gasteiger partial charge in [-0.05, 0) is 27.4 Å². The van der Waals surface area contributed by atoms with Crippen molar-refractivity contribution in [2.45, 2.75) is 6.54 Å². The van der Waals surface area contributed by atoms with Gasteiger partial charge in [0.1, 0.15) is 5.69 Å². The Morgan fingerprint density at radius 2 is 2.28 bits per heavy atom. The van der Waals surface area contributed by atoms with Crippen molar-refractivity contribution in [1.29, 1.82) is 0 Å². The summed E-state index contributed by atoms with van der Waals surface area (Å²) in [5.41, 5.74) is 2.60. The number of amides is 1. The van der Waals surface area contributed by atoms with Crippen molar-refractivity contribution in [2.75, 3.05) is 5.43 Å². The minimum absolute atomic E-state index is 0.252. The van der Waals surface area contributed by atoms with Crippen LogP contribution in [0.3, 0.4) is 0 Å². The molecule has 2 aromatic rings. The lowest BCUT2D eigenvalue weighted by atomic mass is 10.4. The Kier molecular flexibility index (Phi) is 4.24. The van der Waals surface area contributed by atoms with Crippen LogP contribution in [0.5, 0.6) is 0 Å². The lowest BCUT2D eigenvalue weighted by molar-refractivity contribution is 0.0946. The third kappa shape index (κ3) is 3.03. The number of halogens is 1. The molecule has 0 aliphatic carbocycles. The van der Waals surface area contributed by atoms with Gasteiger partial charge in [0.05, 0.1) is 18.9 Å². The highest BCUT2D eigenvalue weighted by atomic mass is 79.9. The van der Waals surface area contributed by atoms with Gasteiger partial charge < -0.3 is 10.7 Å². The standard InChI is InChI=1S/C10H10BrN5OS/c11-6-1-2-18-8(6)4-15-10(17)7-3-14-9(16-12)5-13-7/h1-3,5H,4,12H2,(H,14,16)(H,15,17). The molecular formula is C10H10BrN5OS. The summed E-state index contributed by atoms with van der Waals surface area (Å²) >= 11 is 4.97. The molecule has 0 saturated carbocycles. The molecule has 2 aromatic heterocycles. The molecule has 0 aromatic carbocycles. The zero-order valence-corrected chi connectivity index (χ0v) is 11.6. The molecular weight excluding hydrogens is 318 g/mol. The number of anilines is 1. The Morgan fingerprint density at radius 1 is 1.44 bits per heavy atom. The van der Waals surface area contributed by atoms with Gasteiger partial charge in [-0.1, -0.05) is 0 Å². The second-order valence-electron chi connectivity index (χ2n) is 3.31. The first kappa shape index (κ1) is 12.9. The van der Waals surface area contributed by atoms with Gasteiger partial charge >= 0.3 is 0 Å². The maximum atomic E-state index is 11.8. The molecule has 8 heteroatoms. The maximum Gasteiger partial charge on any atom is 0.271 e. The van der Waals surface area contributed by atoms with Gasteiger partial charge in [-0.3, -0.25) is 4.79 Å². The molecule has 0 saturated heterocycles. The first-order valence-corrected chi connectivity index (χ1v) is 6.66. The van der Waals surface area contributed by atoms with E-state index in [4.69, 9.17) is 5.84 Å². The third-order valence-corrected chi connectivity index (χ3v) is 4.06. The fourth-order valence-corrected chi connectivity index (χ4v) is 2.65. The van der Waals surface area contributed by atoms with E-state index >= 15 is 0 Å². The average Bonchev–Trinajstić information content (AvgIpc) is 2.81. The van der Waals surface area contributed by atoms with E-state index in [9.17, 15) is 4.79 Å². The Balaban J connectivity index is 1.97. The number of carbonyl (C=O) groups is 1. The van der Waals surface area contributed by atoms with E-state index in [0.29, 0.717) is 12.4 Å². The highest BCUT2D eigenvalue weighted by Crippen LogP contribution is 2.22. The van der Waals surface area contributed by atoms with Gasteiger partial charge in [0, 0.05) is 9.35 Å². The van der Waals surface area contributed by atoms with E-state index in [1.165, 1.54) is 12.4 Å². The molecule has 0 atom stereocenters. The van der Waals surface area contributed by atoms with Crippen LogP contribution >= 0.6 is 27.3 Å². The zero-order chi connectivity index (χ0) is 13.0. The number of nitrogens with zero attached hydrogens (tertiary/aromatic N) is 2. The number of carbonyl (C=O) groups excluding carboxylic acids is 1. The number of hydrogen-bond acceptors (Lipinski definition) is 6. The van der Waals surface area contributed by atoms with Crippen LogP contribution < -0.4 is 16.6 Å². The second kappa shape index (κ2) is 5.89. The number of hydrogen-bond donors (Lipinski definition) is 3. The molecule has 0 aliphatic heterocycles. The fourth-order valence-electron chi connectivity index (χ4n) is 1.22. The Bertz CT molecular complexity index is 541. The monoisotopic (exact) mass is 327 g/mol. The van der Waals surface area contributed by atoms with Crippen molar-refractivity contribution in [3.05, 3.63) is 38.9 Å². The Labute approximate surface area is 116 Å². The molecule has 1 amide bonds. The number of rotatable bonds is 4. The van der Waals surface area contributed by atoms with Crippen LogP contribution in [0.25, 0.3) is 0 Å². The Morgan fingerprint density at radius 3 is 2.83 bits per heavy atom. The molecule has 2 heterocycles. The summed E-state index contributed by atoms with van der Waals surface area (Å²) in [7, 11) is 0.